The molecule has 0 amide bonds. The highest BCUT2D eigenvalue weighted by Crippen LogP contribution is 2.19. The number of hydrogen-bond donors (Lipinski definition) is 2. The van der Waals surface area contributed by atoms with E-state index in [1.54, 1.807) is 26.0 Å². The zero-order chi connectivity index (χ0) is 15.5. The van der Waals surface area contributed by atoms with Gasteiger partial charge in [0.15, 0.2) is 0 Å². The SMILES string of the molecule is CC(C)(O)CNCc1nc(-c2ccc([N+](=O)[O-])cc2)no1. The van der Waals surface area contributed by atoms with Crippen molar-refractivity contribution in [3.8, 4) is 11.4 Å². The Labute approximate surface area is 120 Å². The number of rotatable bonds is 6. The fourth-order valence-electron chi connectivity index (χ4n) is 1.65. The van der Waals surface area contributed by atoms with Crippen LogP contribution in [-0.4, -0.2) is 32.3 Å². The van der Waals surface area contributed by atoms with Crippen molar-refractivity contribution in [3.63, 3.8) is 0 Å². The molecule has 1 aromatic carbocycles. The number of aromatic nitrogens is 2. The molecule has 0 saturated carbocycles. The Kier molecular flexibility index (Phi) is 4.29. The van der Waals surface area contributed by atoms with E-state index in [2.05, 4.69) is 15.5 Å². The number of hydrogen-bond acceptors (Lipinski definition) is 7. The molecule has 0 aliphatic rings. The van der Waals surface area contributed by atoms with Gasteiger partial charge in [-0.15, -0.1) is 0 Å². The molecule has 8 heteroatoms. The van der Waals surface area contributed by atoms with E-state index in [1.165, 1.54) is 12.1 Å². The zero-order valence-electron chi connectivity index (χ0n) is 11.7. The molecular weight excluding hydrogens is 276 g/mol. The summed E-state index contributed by atoms with van der Waals surface area (Å²) in [6.07, 6.45) is 0. The Morgan fingerprint density at radius 1 is 1.38 bits per heavy atom. The summed E-state index contributed by atoms with van der Waals surface area (Å²) in [6.45, 7) is 4.11. The quantitative estimate of drug-likeness (QED) is 0.612. The van der Waals surface area contributed by atoms with E-state index in [-0.39, 0.29) is 5.69 Å². The molecule has 2 aromatic rings. The van der Waals surface area contributed by atoms with Gasteiger partial charge in [0.25, 0.3) is 5.69 Å². The molecule has 0 radical (unpaired) electrons. The van der Waals surface area contributed by atoms with Gasteiger partial charge in [0, 0.05) is 24.2 Å². The lowest BCUT2D eigenvalue weighted by atomic mass is 10.1. The third kappa shape index (κ3) is 4.33. The minimum Gasteiger partial charge on any atom is -0.389 e. The van der Waals surface area contributed by atoms with Crippen LogP contribution in [0.25, 0.3) is 11.4 Å². The molecule has 0 spiro atoms. The van der Waals surface area contributed by atoms with Crippen LogP contribution in [0.3, 0.4) is 0 Å². The normalized spacial score (nSPS) is 11.6. The summed E-state index contributed by atoms with van der Waals surface area (Å²) in [4.78, 5) is 14.3. The number of benzene rings is 1. The molecule has 8 nitrogen and oxygen atoms in total. The van der Waals surface area contributed by atoms with E-state index >= 15 is 0 Å². The van der Waals surface area contributed by atoms with Gasteiger partial charge in [0.2, 0.25) is 11.7 Å². The summed E-state index contributed by atoms with van der Waals surface area (Å²) in [5, 5.41) is 27.0. The maximum Gasteiger partial charge on any atom is 0.269 e. The average molecular weight is 292 g/mol. The topological polar surface area (TPSA) is 114 Å². The second-order valence-electron chi connectivity index (χ2n) is 5.23. The first-order valence-corrected chi connectivity index (χ1v) is 6.36. The molecule has 112 valence electrons. The standard InChI is InChI=1S/C13H16N4O4/c1-13(2,18)8-14-7-11-15-12(16-21-11)9-3-5-10(6-4-9)17(19)20/h3-6,14,18H,7-8H2,1-2H3. The van der Waals surface area contributed by atoms with Crippen molar-refractivity contribution in [1.82, 2.24) is 15.5 Å². The molecule has 0 saturated heterocycles. The Hall–Kier alpha value is -2.32. The fraction of sp³-hybridized carbons (Fsp3) is 0.385. The molecular formula is C13H16N4O4. The van der Waals surface area contributed by atoms with Gasteiger partial charge in [-0.2, -0.15) is 4.98 Å². The Morgan fingerprint density at radius 3 is 2.62 bits per heavy atom. The Balaban J connectivity index is 2.00. The molecule has 0 aliphatic carbocycles. The number of non-ortho nitro benzene ring substituents is 1. The first kappa shape index (κ1) is 15.1. The summed E-state index contributed by atoms with van der Waals surface area (Å²) in [7, 11) is 0. The lowest BCUT2D eigenvalue weighted by molar-refractivity contribution is -0.384. The predicted molar refractivity (Wildman–Crippen MR) is 74.4 cm³/mol. The van der Waals surface area contributed by atoms with E-state index in [1.807, 2.05) is 0 Å². The average Bonchev–Trinajstić information content (AvgIpc) is 2.86. The van der Waals surface area contributed by atoms with Crippen LogP contribution in [0.2, 0.25) is 0 Å². The third-order valence-corrected chi connectivity index (χ3v) is 2.64. The van der Waals surface area contributed by atoms with Crippen molar-refractivity contribution in [3.05, 3.63) is 40.3 Å². The van der Waals surface area contributed by atoms with Crippen LogP contribution >= 0.6 is 0 Å². The minimum atomic E-state index is -0.818. The van der Waals surface area contributed by atoms with Gasteiger partial charge in [-0.3, -0.25) is 10.1 Å². The van der Waals surface area contributed by atoms with Crippen LogP contribution in [0.1, 0.15) is 19.7 Å². The van der Waals surface area contributed by atoms with E-state index < -0.39 is 10.5 Å². The van der Waals surface area contributed by atoms with Crippen molar-refractivity contribution in [2.24, 2.45) is 0 Å². The Bertz CT molecular complexity index is 616. The van der Waals surface area contributed by atoms with Gasteiger partial charge in [-0.05, 0) is 26.0 Å². The second-order valence-corrected chi connectivity index (χ2v) is 5.23. The Morgan fingerprint density at radius 2 is 2.05 bits per heavy atom. The molecule has 2 N–H and O–H groups in total. The first-order valence-electron chi connectivity index (χ1n) is 6.36. The summed E-state index contributed by atoms with van der Waals surface area (Å²) < 4.78 is 5.07. The van der Waals surface area contributed by atoms with Gasteiger partial charge in [-0.25, -0.2) is 0 Å². The van der Waals surface area contributed by atoms with Crippen molar-refractivity contribution in [1.29, 1.82) is 0 Å². The van der Waals surface area contributed by atoms with Crippen molar-refractivity contribution in [2.75, 3.05) is 6.54 Å². The van der Waals surface area contributed by atoms with Gasteiger partial charge < -0.3 is 14.9 Å². The molecule has 1 aromatic heterocycles. The summed E-state index contributed by atoms with van der Waals surface area (Å²) in [5.41, 5.74) is -0.172. The first-order chi connectivity index (χ1) is 9.85. The number of nitro groups is 1. The van der Waals surface area contributed by atoms with Gasteiger partial charge in [0.1, 0.15) is 0 Å². The van der Waals surface area contributed by atoms with Crippen LogP contribution in [-0.2, 0) is 6.54 Å². The third-order valence-electron chi connectivity index (χ3n) is 2.64. The van der Waals surface area contributed by atoms with E-state index in [4.69, 9.17) is 4.52 Å². The maximum absolute atomic E-state index is 10.6. The predicted octanol–water partition coefficient (Wildman–Crippen LogP) is 1.51. The van der Waals surface area contributed by atoms with E-state index in [0.717, 1.165) is 0 Å². The van der Waals surface area contributed by atoms with Crippen LogP contribution in [0, 0.1) is 10.1 Å². The van der Waals surface area contributed by atoms with Crippen molar-refractivity contribution >= 4 is 5.69 Å². The van der Waals surface area contributed by atoms with E-state index in [9.17, 15) is 15.2 Å². The largest absolute Gasteiger partial charge is 0.389 e. The fourth-order valence-corrected chi connectivity index (χ4v) is 1.65. The summed E-state index contributed by atoms with van der Waals surface area (Å²) >= 11 is 0. The molecule has 0 atom stereocenters. The van der Waals surface area contributed by atoms with Gasteiger partial charge >= 0.3 is 0 Å². The minimum absolute atomic E-state index is 0.00862. The molecule has 21 heavy (non-hydrogen) atoms. The van der Waals surface area contributed by atoms with Crippen molar-refractivity contribution < 1.29 is 14.6 Å². The van der Waals surface area contributed by atoms with Crippen LogP contribution in [0.4, 0.5) is 5.69 Å². The molecule has 0 unspecified atom stereocenters. The number of aliphatic hydroxyl groups is 1. The summed E-state index contributed by atoms with van der Waals surface area (Å²) in [5.74, 6) is 0.748. The highest BCUT2D eigenvalue weighted by molar-refractivity contribution is 5.56. The smallest absolute Gasteiger partial charge is 0.269 e. The second kappa shape index (κ2) is 5.98. The lowest BCUT2D eigenvalue weighted by Gasteiger charge is -2.16. The molecule has 0 bridgehead atoms. The van der Waals surface area contributed by atoms with Crippen LogP contribution in [0.15, 0.2) is 28.8 Å². The number of nitrogens with one attached hydrogen (secondary N) is 1. The van der Waals surface area contributed by atoms with Crippen molar-refractivity contribution in [2.45, 2.75) is 26.0 Å². The number of nitrogens with zero attached hydrogens (tertiary/aromatic N) is 3. The molecule has 2 rings (SSSR count). The zero-order valence-corrected chi connectivity index (χ0v) is 11.7. The highest BCUT2D eigenvalue weighted by Gasteiger charge is 2.14. The molecule has 0 aliphatic heterocycles. The molecule has 1 heterocycles. The number of nitro benzene ring substituents is 1. The van der Waals surface area contributed by atoms with Gasteiger partial charge in [-0.1, -0.05) is 5.16 Å². The summed E-state index contributed by atoms with van der Waals surface area (Å²) in [6, 6.07) is 5.91. The van der Waals surface area contributed by atoms with Crippen LogP contribution in [0.5, 0.6) is 0 Å². The van der Waals surface area contributed by atoms with Crippen LogP contribution < -0.4 is 5.32 Å². The maximum atomic E-state index is 10.6. The lowest BCUT2D eigenvalue weighted by Crippen LogP contribution is -2.34. The highest BCUT2D eigenvalue weighted by atomic mass is 16.6. The molecule has 0 fully saturated rings. The monoisotopic (exact) mass is 292 g/mol. The van der Waals surface area contributed by atoms with Gasteiger partial charge in [0.05, 0.1) is 17.1 Å². The van der Waals surface area contributed by atoms with E-state index in [0.29, 0.717) is 30.4 Å².